The van der Waals surface area contributed by atoms with Crippen molar-refractivity contribution in [3.05, 3.63) is 11.6 Å². The molecule has 0 aromatic carbocycles. The fraction of sp³-hybridized carbons (Fsp3) is 0.667. The second kappa shape index (κ2) is 4.70. The van der Waals surface area contributed by atoms with Crippen LogP contribution in [-0.2, 0) is 4.79 Å². The Morgan fingerprint density at radius 2 is 2.21 bits per heavy atom. The van der Waals surface area contributed by atoms with Crippen LogP contribution < -0.4 is 16.0 Å². The zero-order valence-corrected chi connectivity index (χ0v) is 8.77. The number of carbonyl (C=O) groups excluding carboxylic acids is 1. The summed E-state index contributed by atoms with van der Waals surface area (Å²) in [7, 11) is 0. The van der Waals surface area contributed by atoms with E-state index in [1.54, 1.807) is 11.8 Å². The number of amides is 1. The summed E-state index contributed by atoms with van der Waals surface area (Å²) < 4.78 is 0. The fourth-order valence-electron chi connectivity index (χ4n) is 1.69. The largest absolute Gasteiger partial charge is 0.362 e. The fourth-order valence-corrected chi connectivity index (χ4v) is 2.35. The molecule has 0 spiro atoms. The van der Waals surface area contributed by atoms with Gasteiger partial charge in [-0.15, -0.1) is 0 Å². The van der Waals surface area contributed by atoms with Gasteiger partial charge in [-0.2, -0.15) is 0 Å². The SMILES string of the molecule is O=C(NC1NC=CS1)C1CCNCC1. The second-order valence-corrected chi connectivity index (χ2v) is 4.53. The minimum Gasteiger partial charge on any atom is -0.362 e. The lowest BCUT2D eigenvalue weighted by atomic mass is 9.97. The Labute approximate surface area is 87.9 Å². The van der Waals surface area contributed by atoms with Crippen molar-refractivity contribution in [2.24, 2.45) is 5.92 Å². The first kappa shape index (κ1) is 9.86. The van der Waals surface area contributed by atoms with Gasteiger partial charge in [0.1, 0.15) is 0 Å². The van der Waals surface area contributed by atoms with E-state index >= 15 is 0 Å². The maximum Gasteiger partial charge on any atom is 0.225 e. The summed E-state index contributed by atoms with van der Waals surface area (Å²) in [6.07, 6.45) is 3.77. The van der Waals surface area contributed by atoms with Crippen molar-refractivity contribution >= 4 is 17.7 Å². The highest BCUT2D eigenvalue weighted by Gasteiger charge is 2.23. The predicted molar refractivity (Wildman–Crippen MR) is 57.4 cm³/mol. The van der Waals surface area contributed by atoms with Crippen molar-refractivity contribution in [1.29, 1.82) is 0 Å². The van der Waals surface area contributed by atoms with E-state index in [1.807, 2.05) is 11.6 Å². The lowest BCUT2D eigenvalue weighted by Gasteiger charge is -2.23. The minimum atomic E-state index is 0.0392. The molecule has 1 fully saturated rings. The summed E-state index contributed by atoms with van der Waals surface area (Å²) in [5, 5.41) is 11.2. The molecule has 1 saturated heterocycles. The standard InChI is InChI=1S/C9H15N3OS/c13-8(7-1-3-10-4-2-7)12-9-11-5-6-14-9/h5-7,9-11H,1-4H2,(H,12,13). The highest BCUT2D eigenvalue weighted by Crippen LogP contribution is 2.16. The van der Waals surface area contributed by atoms with E-state index < -0.39 is 0 Å². The molecule has 2 aliphatic heterocycles. The molecule has 4 nitrogen and oxygen atoms in total. The number of thioether (sulfide) groups is 1. The van der Waals surface area contributed by atoms with Gasteiger partial charge in [0.15, 0.2) is 5.50 Å². The van der Waals surface area contributed by atoms with Crippen LogP contribution in [0.25, 0.3) is 0 Å². The van der Waals surface area contributed by atoms with E-state index in [0.717, 1.165) is 25.9 Å². The molecule has 2 rings (SSSR count). The molecule has 0 saturated carbocycles. The molecule has 2 heterocycles. The van der Waals surface area contributed by atoms with E-state index in [4.69, 9.17) is 0 Å². The molecule has 3 N–H and O–H groups in total. The smallest absolute Gasteiger partial charge is 0.225 e. The zero-order chi connectivity index (χ0) is 9.80. The first-order valence-corrected chi connectivity index (χ1v) is 5.88. The Morgan fingerprint density at radius 3 is 2.86 bits per heavy atom. The van der Waals surface area contributed by atoms with Crippen molar-refractivity contribution in [2.45, 2.75) is 18.3 Å². The Bertz CT molecular complexity index is 230. The maximum absolute atomic E-state index is 11.7. The van der Waals surface area contributed by atoms with E-state index in [-0.39, 0.29) is 17.3 Å². The summed E-state index contributed by atoms with van der Waals surface area (Å²) in [5.41, 5.74) is 0.0392. The van der Waals surface area contributed by atoms with Crippen molar-refractivity contribution in [3.8, 4) is 0 Å². The molecule has 2 aliphatic rings. The third kappa shape index (κ3) is 2.42. The summed E-state index contributed by atoms with van der Waals surface area (Å²) in [6.45, 7) is 1.92. The minimum absolute atomic E-state index is 0.0392. The number of hydrogen-bond acceptors (Lipinski definition) is 4. The van der Waals surface area contributed by atoms with Crippen molar-refractivity contribution < 1.29 is 4.79 Å². The normalized spacial score (nSPS) is 27.3. The molecule has 0 radical (unpaired) electrons. The van der Waals surface area contributed by atoms with E-state index in [1.165, 1.54) is 0 Å². The average Bonchev–Trinajstić information content (AvgIpc) is 2.72. The Kier molecular flexibility index (Phi) is 3.31. The third-order valence-electron chi connectivity index (χ3n) is 2.51. The molecule has 1 amide bonds. The number of nitrogens with one attached hydrogen (secondary N) is 3. The number of piperidine rings is 1. The Morgan fingerprint density at radius 1 is 1.43 bits per heavy atom. The van der Waals surface area contributed by atoms with E-state index in [9.17, 15) is 4.79 Å². The van der Waals surface area contributed by atoms with Crippen molar-refractivity contribution in [2.75, 3.05) is 13.1 Å². The van der Waals surface area contributed by atoms with Gasteiger partial charge >= 0.3 is 0 Å². The molecular weight excluding hydrogens is 198 g/mol. The molecule has 78 valence electrons. The molecule has 0 aromatic heterocycles. The highest BCUT2D eigenvalue weighted by atomic mass is 32.2. The van der Waals surface area contributed by atoms with Gasteiger partial charge in [-0.3, -0.25) is 4.79 Å². The first-order chi connectivity index (χ1) is 6.86. The molecule has 14 heavy (non-hydrogen) atoms. The number of hydrogen-bond donors (Lipinski definition) is 3. The van der Waals surface area contributed by atoms with Crippen LogP contribution in [0.4, 0.5) is 0 Å². The van der Waals surface area contributed by atoms with Crippen LogP contribution in [0.1, 0.15) is 12.8 Å². The van der Waals surface area contributed by atoms with E-state index in [0.29, 0.717) is 0 Å². The first-order valence-electron chi connectivity index (χ1n) is 4.94. The quantitative estimate of drug-likeness (QED) is 0.613. The summed E-state index contributed by atoms with van der Waals surface area (Å²) in [4.78, 5) is 11.7. The lowest BCUT2D eigenvalue weighted by molar-refractivity contribution is -0.126. The Balaban J connectivity index is 1.76. The van der Waals surface area contributed by atoms with Gasteiger partial charge in [0.05, 0.1) is 0 Å². The van der Waals surface area contributed by atoms with Crippen LogP contribution in [0.15, 0.2) is 11.6 Å². The molecule has 0 aliphatic carbocycles. The number of rotatable bonds is 2. The molecule has 1 unspecified atom stereocenters. The zero-order valence-electron chi connectivity index (χ0n) is 7.95. The van der Waals surface area contributed by atoms with Gasteiger partial charge in [-0.05, 0) is 31.3 Å². The van der Waals surface area contributed by atoms with Gasteiger partial charge in [0.2, 0.25) is 5.91 Å². The highest BCUT2D eigenvalue weighted by molar-refractivity contribution is 8.02. The van der Waals surface area contributed by atoms with Crippen LogP contribution in [0.3, 0.4) is 0 Å². The third-order valence-corrected chi connectivity index (χ3v) is 3.33. The van der Waals surface area contributed by atoms with Gasteiger partial charge in [-0.25, -0.2) is 0 Å². The van der Waals surface area contributed by atoms with Crippen LogP contribution >= 0.6 is 11.8 Å². The predicted octanol–water partition coefficient (Wildman–Crippen LogP) is 0.193. The monoisotopic (exact) mass is 213 g/mol. The summed E-state index contributed by atoms with van der Waals surface area (Å²) >= 11 is 1.60. The molecule has 1 atom stereocenters. The van der Waals surface area contributed by atoms with Gasteiger partial charge in [0, 0.05) is 12.1 Å². The summed E-state index contributed by atoms with van der Waals surface area (Å²) in [6, 6.07) is 0. The second-order valence-electron chi connectivity index (χ2n) is 3.52. The maximum atomic E-state index is 11.7. The van der Waals surface area contributed by atoms with Gasteiger partial charge < -0.3 is 16.0 Å². The van der Waals surface area contributed by atoms with Crippen molar-refractivity contribution in [1.82, 2.24) is 16.0 Å². The average molecular weight is 213 g/mol. The number of carbonyl (C=O) groups is 1. The van der Waals surface area contributed by atoms with E-state index in [2.05, 4.69) is 16.0 Å². The molecule has 5 heteroatoms. The van der Waals surface area contributed by atoms with Crippen molar-refractivity contribution in [3.63, 3.8) is 0 Å². The van der Waals surface area contributed by atoms with Crippen LogP contribution in [0, 0.1) is 5.92 Å². The molecule has 0 aromatic rings. The molecular formula is C9H15N3OS. The van der Waals surface area contributed by atoms with Crippen LogP contribution in [-0.4, -0.2) is 24.5 Å². The van der Waals surface area contributed by atoms with Gasteiger partial charge in [0.25, 0.3) is 0 Å². The topological polar surface area (TPSA) is 53.2 Å². The van der Waals surface area contributed by atoms with Crippen LogP contribution in [0.2, 0.25) is 0 Å². The molecule has 0 bridgehead atoms. The Hall–Kier alpha value is -0.680. The van der Waals surface area contributed by atoms with Gasteiger partial charge in [-0.1, -0.05) is 11.8 Å². The summed E-state index contributed by atoms with van der Waals surface area (Å²) in [5.74, 6) is 0.374. The lowest BCUT2D eigenvalue weighted by Crippen LogP contribution is -2.44. The van der Waals surface area contributed by atoms with Crippen LogP contribution in [0.5, 0.6) is 0 Å².